The highest BCUT2D eigenvalue weighted by atomic mass is 16.2. The quantitative estimate of drug-likeness (QED) is 0.606. The van der Waals surface area contributed by atoms with Crippen molar-refractivity contribution in [1.29, 1.82) is 0 Å². The van der Waals surface area contributed by atoms with Crippen LogP contribution in [-0.4, -0.2) is 21.1 Å². The smallest absolute Gasteiger partial charge is 0.208 e. The molecule has 1 aromatic rings. The van der Waals surface area contributed by atoms with Gasteiger partial charge in [0.2, 0.25) is 5.78 Å². The summed E-state index contributed by atoms with van der Waals surface area (Å²) in [6, 6.07) is 0. The van der Waals surface area contributed by atoms with Crippen LogP contribution in [0.15, 0.2) is 12.4 Å². The second-order valence-corrected chi connectivity index (χ2v) is 6.16. The molecule has 19 heavy (non-hydrogen) atoms. The average molecular weight is 260 g/mol. The molecule has 1 unspecified atom stereocenters. The summed E-state index contributed by atoms with van der Waals surface area (Å²) in [6.45, 7) is 0. The Morgan fingerprint density at radius 1 is 1.37 bits per heavy atom. The lowest BCUT2D eigenvalue weighted by Gasteiger charge is -2.36. The van der Waals surface area contributed by atoms with E-state index in [0.29, 0.717) is 12.2 Å². The topological polar surface area (TPSA) is 52.0 Å². The molecule has 1 atom stereocenters. The zero-order valence-corrected chi connectivity index (χ0v) is 11.4. The lowest BCUT2D eigenvalue weighted by molar-refractivity contribution is -0.125. The third kappa shape index (κ3) is 2.13. The summed E-state index contributed by atoms with van der Waals surface area (Å²) in [6.07, 6.45) is 10.5. The number of imidazole rings is 1. The van der Waals surface area contributed by atoms with Gasteiger partial charge in [0.25, 0.3) is 0 Å². The molecule has 0 amide bonds. The van der Waals surface area contributed by atoms with Crippen molar-refractivity contribution in [2.24, 2.45) is 18.4 Å². The van der Waals surface area contributed by atoms with Crippen LogP contribution in [0.2, 0.25) is 0 Å². The molecule has 0 saturated heterocycles. The standard InChI is InChI=1S/C15H20N2O2/c1-17-9-8-16-14(17)13(19)11-10-15(5-2-3-6-15)7-4-12(11)18/h8-9,11H,2-7,10H2,1H3. The fourth-order valence-corrected chi connectivity index (χ4v) is 3.79. The van der Waals surface area contributed by atoms with Crippen LogP contribution in [-0.2, 0) is 11.8 Å². The van der Waals surface area contributed by atoms with Gasteiger partial charge >= 0.3 is 0 Å². The van der Waals surface area contributed by atoms with Crippen LogP contribution in [0, 0.1) is 11.3 Å². The molecular formula is C15H20N2O2. The van der Waals surface area contributed by atoms with Crippen LogP contribution in [0.25, 0.3) is 0 Å². The number of ketones is 2. The van der Waals surface area contributed by atoms with Crippen molar-refractivity contribution in [3.05, 3.63) is 18.2 Å². The first kappa shape index (κ1) is 12.6. The van der Waals surface area contributed by atoms with Crippen LogP contribution in [0.4, 0.5) is 0 Å². The molecular weight excluding hydrogens is 240 g/mol. The van der Waals surface area contributed by atoms with Crippen LogP contribution >= 0.6 is 0 Å². The number of carbonyl (C=O) groups excluding carboxylic acids is 2. The lowest BCUT2D eigenvalue weighted by atomic mass is 9.67. The highest BCUT2D eigenvalue weighted by Crippen LogP contribution is 2.50. The molecule has 102 valence electrons. The van der Waals surface area contributed by atoms with Gasteiger partial charge in [0.15, 0.2) is 5.82 Å². The zero-order chi connectivity index (χ0) is 13.5. The fourth-order valence-electron chi connectivity index (χ4n) is 3.79. The first-order valence-corrected chi connectivity index (χ1v) is 7.16. The summed E-state index contributed by atoms with van der Waals surface area (Å²) in [5, 5.41) is 0. The second kappa shape index (κ2) is 4.58. The normalized spacial score (nSPS) is 25.9. The van der Waals surface area contributed by atoms with E-state index in [4.69, 9.17) is 0 Å². The summed E-state index contributed by atoms with van der Waals surface area (Å²) >= 11 is 0. The molecule has 2 aliphatic carbocycles. The number of nitrogens with zero attached hydrogens (tertiary/aromatic N) is 2. The van der Waals surface area contributed by atoms with E-state index in [9.17, 15) is 9.59 Å². The van der Waals surface area contributed by atoms with E-state index in [1.54, 1.807) is 24.0 Å². The molecule has 4 nitrogen and oxygen atoms in total. The van der Waals surface area contributed by atoms with Crippen LogP contribution < -0.4 is 0 Å². The Bertz CT molecular complexity index is 512. The highest BCUT2D eigenvalue weighted by molar-refractivity contribution is 6.09. The Kier molecular flexibility index (Phi) is 3.03. The minimum atomic E-state index is -0.451. The molecule has 0 radical (unpaired) electrons. The molecule has 0 bridgehead atoms. The molecule has 2 aliphatic rings. The summed E-state index contributed by atoms with van der Waals surface area (Å²) in [7, 11) is 1.80. The van der Waals surface area contributed by atoms with Crippen molar-refractivity contribution in [3.63, 3.8) is 0 Å². The van der Waals surface area contributed by atoms with E-state index < -0.39 is 5.92 Å². The molecule has 0 aliphatic heterocycles. The first-order valence-electron chi connectivity index (χ1n) is 7.16. The van der Waals surface area contributed by atoms with E-state index in [1.165, 1.54) is 25.7 Å². The predicted octanol–water partition coefficient (Wildman–Crippen LogP) is 2.53. The van der Waals surface area contributed by atoms with Crippen molar-refractivity contribution in [2.45, 2.75) is 44.9 Å². The molecule has 0 N–H and O–H groups in total. The number of aromatic nitrogens is 2. The van der Waals surface area contributed by atoms with Gasteiger partial charge in [-0.25, -0.2) is 4.98 Å². The third-order valence-electron chi connectivity index (χ3n) is 4.95. The average Bonchev–Trinajstić information content (AvgIpc) is 3.02. The number of aryl methyl sites for hydroxylation is 1. The van der Waals surface area contributed by atoms with Gasteiger partial charge in [0.1, 0.15) is 5.78 Å². The van der Waals surface area contributed by atoms with E-state index in [0.717, 1.165) is 12.8 Å². The van der Waals surface area contributed by atoms with Crippen molar-refractivity contribution >= 4 is 11.6 Å². The Morgan fingerprint density at radius 3 is 2.74 bits per heavy atom. The number of rotatable bonds is 2. The zero-order valence-electron chi connectivity index (χ0n) is 11.4. The summed E-state index contributed by atoms with van der Waals surface area (Å²) in [5.74, 6) is 0.00958. The Morgan fingerprint density at radius 2 is 2.11 bits per heavy atom. The molecule has 1 spiro atoms. The van der Waals surface area contributed by atoms with E-state index in [1.807, 2.05) is 0 Å². The number of carbonyl (C=O) groups is 2. The Hall–Kier alpha value is -1.45. The minimum absolute atomic E-state index is 0.0801. The molecule has 1 aromatic heterocycles. The molecule has 3 rings (SSSR count). The molecule has 2 saturated carbocycles. The van der Waals surface area contributed by atoms with Gasteiger partial charge in [-0.1, -0.05) is 12.8 Å². The largest absolute Gasteiger partial charge is 0.332 e. The Balaban J connectivity index is 1.84. The number of hydrogen-bond donors (Lipinski definition) is 0. The summed E-state index contributed by atoms with van der Waals surface area (Å²) in [5.41, 5.74) is 0.263. The number of Topliss-reactive ketones (excluding diaryl/α,β-unsaturated/α-hetero) is 2. The minimum Gasteiger partial charge on any atom is -0.332 e. The van der Waals surface area contributed by atoms with Gasteiger partial charge in [-0.3, -0.25) is 9.59 Å². The van der Waals surface area contributed by atoms with Gasteiger partial charge in [0.05, 0.1) is 5.92 Å². The van der Waals surface area contributed by atoms with Crippen molar-refractivity contribution in [1.82, 2.24) is 9.55 Å². The SMILES string of the molecule is Cn1ccnc1C(=O)C1CC2(CCCC2)CCC1=O. The van der Waals surface area contributed by atoms with Gasteiger partial charge in [-0.15, -0.1) is 0 Å². The van der Waals surface area contributed by atoms with Crippen LogP contribution in [0.1, 0.15) is 55.6 Å². The molecule has 4 heteroatoms. The maximum absolute atomic E-state index is 12.5. The highest BCUT2D eigenvalue weighted by Gasteiger charge is 2.45. The van der Waals surface area contributed by atoms with E-state index in [2.05, 4.69) is 4.98 Å². The van der Waals surface area contributed by atoms with Crippen molar-refractivity contribution in [2.75, 3.05) is 0 Å². The van der Waals surface area contributed by atoms with Gasteiger partial charge < -0.3 is 4.57 Å². The Labute approximate surface area is 113 Å². The fraction of sp³-hybridized carbons (Fsp3) is 0.667. The van der Waals surface area contributed by atoms with Crippen molar-refractivity contribution < 1.29 is 9.59 Å². The molecule has 2 fully saturated rings. The predicted molar refractivity (Wildman–Crippen MR) is 70.8 cm³/mol. The maximum Gasteiger partial charge on any atom is 0.208 e. The maximum atomic E-state index is 12.5. The molecule has 1 heterocycles. The monoisotopic (exact) mass is 260 g/mol. The van der Waals surface area contributed by atoms with Crippen LogP contribution in [0.3, 0.4) is 0 Å². The van der Waals surface area contributed by atoms with Crippen molar-refractivity contribution in [3.8, 4) is 0 Å². The summed E-state index contributed by atoms with van der Waals surface area (Å²) in [4.78, 5) is 28.8. The van der Waals surface area contributed by atoms with Gasteiger partial charge in [-0.2, -0.15) is 0 Å². The first-order chi connectivity index (χ1) is 9.11. The van der Waals surface area contributed by atoms with E-state index in [-0.39, 0.29) is 17.0 Å². The van der Waals surface area contributed by atoms with Crippen LogP contribution in [0.5, 0.6) is 0 Å². The number of hydrogen-bond acceptors (Lipinski definition) is 3. The van der Waals surface area contributed by atoms with Gasteiger partial charge in [-0.05, 0) is 31.1 Å². The second-order valence-electron chi connectivity index (χ2n) is 6.16. The summed E-state index contributed by atoms with van der Waals surface area (Å²) < 4.78 is 1.71. The third-order valence-corrected chi connectivity index (χ3v) is 4.95. The van der Waals surface area contributed by atoms with Gasteiger partial charge in [0, 0.05) is 25.9 Å². The molecule has 0 aromatic carbocycles. The van der Waals surface area contributed by atoms with E-state index >= 15 is 0 Å². The lowest BCUT2D eigenvalue weighted by Crippen LogP contribution is -2.37.